The van der Waals surface area contributed by atoms with E-state index in [9.17, 15) is 0 Å². The van der Waals surface area contributed by atoms with Gasteiger partial charge in [0.15, 0.2) is 0 Å². The summed E-state index contributed by atoms with van der Waals surface area (Å²) in [7, 11) is -6.01. The van der Waals surface area contributed by atoms with Crippen LogP contribution in [0.5, 0.6) is 0 Å². The van der Waals surface area contributed by atoms with Crippen LogP contribution in [0.4, 0.5) is 0 Å². The third-order valence-electron chi connectivity index (χ3n) is 9.08. The first-order valence-corrected chi connectivity index (χ1v) is 20.9. The van der Waals surface area contributed by atoms with Crippen molar-refractivity contribution in [1.29, 1.82) is 0 Å². The molecular formula is C44H37OP3. The monoisotopic (exact) mass is 674 g/mol. The second-order valence-electron chi connectivity index (χ2n) is 11.7. The average Bonchev–Trinajstić information content (AvgIpc) is 3.18. The summed E-state index contributed by atoms with van der Waals surface area (Å²) in [6.45, 7) is 0. The van der Waals surface area contributed by atoms with E-state index in [0.717, 1.165) is 0 Å². The summed E-state index contributed by atoms with van der Waals surface area (Å²) >= 11 is 0. The predicted octanol–water partition coefficient (Wildman–Crippen LogP) is 7.83. The zero-order chi connectivity index (χ0) is 32.7. The first-order chi connectivity index (χ1) is 23.8. The summed E-state index contributed by atoms with van der Waals surface area (Å²) in [6.07, 6.45) is 1.43. The van der Waals surface area contributed by atoms with Crippen molar-refractivity contribution in [3.05, 3.63) is 212 Å². The van der Waals surface area contributed by atoms with Gasteiger partial charge in [0, 0.05) is 0 Å². The van der Waals surface area contributed by atoms with Crippen LogP contribution in [0, 0.1) is 0 Å². The second-order valence-corrected chi connectivity index (χ2v) is 21.7. The van der Waals surface area contributed by atoms with Gasteiger partial charge >= 0.3 is 288 Å². The van der Waals surface area contributed by atoms with Crippen LogP contribution in [0.1, 0.15) is 0 Å². The van der Waals surface area contributed by atoms with Crippen LogP contribution in [0.3, 0.4) is 0 Å². The molecule has 0 heterocycles. The molecule has 0 aliphatic carbocycles. The molecule has 0 radical (unpaired) electrons. The Balaban J connectivity index is 1.78. The van der Waals surface area contributed by atoms with Gasteiger partial charge in [0.25, 0.3) is 0 Å². The number of carbonyl (C=O) groups is 1. The van der Waals surface area contributed by atoms with Crippen LogP contribution in [-0.2, 0) is 4.79 Å². The summed E-state index contributed by atoms with van der Waals surface area (Å²) < 4.78 is -0.896. The fourth-order valence-electron chi connectivity index (χ4n) is 7.22. The molecular weight excluding hydrogens is 637 g/mol. The van der Waals surface area contributed by atoms with E-state index in [2.05, 4.69) is 212 Å². The molecule has 1 nitrogen and oxygen atoms in total. The maximum absolute atomic E-state index is 15.4. The Morgan fingerprint density at radius 3 is 0.750 bits per heavy atom. The van der Waals surface area contributed by atoms with Crippen molar-refractivity contribution in [2.24, 2.45) is 0 Å². The van der Waals surface area contributed by atoms with Crippen LogP contribution >= 0.6 is 23.1 Å². The molecule has 0 N–H and O–H groups in total. The molecule has 48 heavy (non-hydrogen) atoms. The Morgan fingerprint density at radius 2 is 0.542 bits per heavy atom. The van der Waals surface area contributed by atoms with Gasteiger partial charge in [-0.1, -0.05) is 0 Å². The molecule has 4 heteroatoms. The second kappa shape index (κ2) is 14.7. The van der Waals surface area contributed by atoms with E-state index in [1.165, 1.54) is 43.4 Å². The predicted molar refractivity (Wildman–Crippen MR) is 213 cm³/mol. The summed E-state index contributed by atoms with van der Waals surface area (Å²) in [5.74, 6) is 0. The van der Waals surface area contributed by atoms with Crippen molar-refractivity contribution in [3.8, 4) is 0 Å². The van der Waals surface area contributed by atoms with Crippen molar-refractivity contribution in [2.75, 3.05) is 0 Å². The molecule has 0 atom stereocenters. The molecule has 7 rings (SSSR count). The molecule has 0 saturated carbocycles. The fourth-order valence-corrected chi connectivity index (χ4v) is 24.8. The summed E-state index contributed by atoms with van der Waals surface area (Å²) in [4.78, 5) is 15.4. The number of hydrogen-bond acceptors (Lipinski definition) is 1. The Morgan fingerprint density at radius 1 is 0.333 bits per heavy atom. The standard InChI is InChI=1S/C44H37OP3/c45-36-44(46(37-22-8-1-9-23-37)38-24-10-2-11-25-38,47(39-26-12-3-13-27-39)40-28-14-4-15-29-40)48(41-30-16-5-17-31-41,42-32-18-6-19-33-42)43-34-20-7-21-35-43/h1-36,48H. The molecule has 0 fully saturated rings. The Labute approximate surface area is 287 Å². The van der Waals surface area contributed by atoms with Crippen LogP contribution in [-0.4, -0.2) is 10.9 Å². The van der Waals surface area contributed by atoms with E-state index in [1.54, 1.807) is 0 Å². The number of hydrogen-bond donors (Lipinski definition) is 0. The minimum atomic E-state index is -3.37. The zero-order valence-corrected chi connectivity index (χ0v) is 29.4. The van der Waals surface area contributed by atoms with Crippen molar-refractivity contribution < 1.29 is 4.79 Å². The molecule has 234 valence electrons. The molecule has 0 unspecified atom stereocenters. The summed E-state index contributed by atoms with van der Waals surface area (Å²) in [5.41, 5.74) is 0. The van der Waals surface area contributed by atoms with Gasteiger partial charge in [-0.25, -0.2) is 0 Å². The van der Waals surface area contributed by atoms with Crippen LogP contribution < -0.4 is 37.1 Å². The van der Waals surface area contributed by atoms with Gasteiger partial charge in [0.2, 0.25) is 0 Å². The van der Waals surface area contributed by atoms with Gasteiger partial charge in [-0.2, -0.15) is 0 Å². The van der Waals surface area contributed by atoms with E-state index >= 15 is 4.79 Å². The van der Waals surface area contributed by atoms with Crippen LogP contribution in [0.2, 0.25) is 0 Å². The fraction of sp³-hybridized carbons (Fsp3) is 0.0227. The minimum absolute atomic E-state index is 0.896. The SMILES string of the molecule is O=CC(P(c1ccccc1)c1ccccc1)(P(c1ccccc1)c1ccccc1)[PH](c1ccccc1)(c1ccccc1)c1ccccc1. The maximum atomic E-state index is 15.4. The van der Waals surface area contributed by atoms with Crippen molar-refractivity contribution >= 4 is 66.5 Å². The number of carbonyl (C=O) groups excluding carboxylic acids is 1. The number of aldehydes is 1. The van der Waals surface area contributed by atoms with Crippen LogP contribution in [0.25, 0.3) is 0 Å². The van der Waals surface area contributed by atoms with Crippen LogP contribution in [0.15, 0.2) is 212 Å². The van der Waals surface area contributed by atoms with Gasteiger partial charge in [-0.05, 0) is 0 Å². The summed E-state index contributed by atoms with van der Waals surface area (Å²) in [6, 6.07) is 76.3. The molecule has 0 aliphatic heterocycles. The quantitative estimate of drug-likeness (QED) is 0.101. The number of rotatable bonds is 11. The van der Waals surface area contributed by atoms with E-state index < -0.39 is 27.7 Å². The van der Waals surface area contributed by atoms with Gasteiger partial charge in [0.05, 0.1) is 0 Å². The van der Waals surface area contributed by atoms with E-state index in [4.69, 9.17) is 0 Å². The molecule has 0 aromatic heterocycles. The van der Waals surface area contributed by atoms with E-state index in [0.29, 0.717) is 0 Å². The van der Waals surface area contributed by atoms with E-state index in [-0.39, 0.29) is 0 Å². The first-order valence-electron chi connectivity index (χ1n) is 16.2. The topological polar surface area (TPSA) is 17.1 Å². The van der Waals surface area contributed by atoms with Gasteiger partial charge in [-0.3, -0.25) is 0 Å². The third kappa shape index (κ3) is 5.68. The van der Waals surface area contributed by atoms with Gasteiger partial charge in [0.1, 0.15) is 0 Å². The molecule has 0 amide bonds. The summed E-state index contributed by atoms with van der Waals surface area (Å²) in [5, 5.41) is 8.49. The average molecular weight is 675 g/mol. The Kier molecular flexibility index (Phi) is 9.84. The first kappa shape index (κ1) is 32.1. The zero-order valence-electron chi connectivity index (χ0n) is 26.6. The molecule has 7 aromatic carbocycles. The normalized spacial score (nSPS) is 12.1. The third-order valence-corrected chi connectivity index (χ3v) is 23.3. The Bertz CT molecular complexity index is 1770. The molecule has 0 aliphatic rings. The van der Waals surface area contributed by atoms with E-state index in [1.807, 2.05) is 0 Å². The van der Waals surface area contributed by atoms with Gasteiger partial charge < -0.3 is 0 Å². The number of benzene rings is 7. The van der Waals surface area contributed by atoms with Crippen molar-refractivity contribution in [2.45, 2.75) is 4.64 Å². The molecule has 0 bridgehead atoms. The molecule has 7 aromatic rings. The van der Waals surface area contributed by atoms with Crippen molar-refractivity contribution in [1.82, 2.24) is 0 Å². The van der Waals surface area contributed by atoms with Crippen molar-refractivity contribution in [3.63, 3.8) is 0 Å². The molecule has 0 saturated heterocycles. The van der Waals surface area contributed by atoms with Gasteiger partial charge in [-0.15, -0.1) is 0 Å². The molecule has 0 spiro atoms. The Hall–Kier alpha value is -4.50.